The predicted octanol–water partition coefficient (Wildman–Crippen LogP) is 3.96. The lowest BCUT2D eigenvalue weighted by atomic mass is 9.73. The second-order valence-electron chi connectivity index (χ2n) is 8.04. The summed E-state index contributed by atoms with van der Waals surface area (Å²) in [4.78, 5) is 13.0. The van der Waals surface area contributed by atoms with E-state index in [9.17, 15) is 13.2 Å². The molecule has 1 aromatic carbocycles. The standard InChI is InChI=1S/C21H26N2O4S2/c1-14(2)27-17-8-6-16(7-9-17)22-21(24)18-12-15-5-10-19(18)23(13-15)29(25,26)20-4-3-11-28-20/h3-4,6-9,11,14-15,18-19H,5,10,12-13H2,1-2H3,(H,22,24)/t15-,18+,19-/m0/s1. The van der Waals surface area contributed by atoms with Crippen LogP contribution in [0.5, 0.6) is 5.75 Å². The number of rotatable bonds is 6. The summed E-state index contributed by atoms with van der Waals surface area (Å²) in [6, 6.07) is 10.4. The van der Waals surface area contributed by atoms with Gasteiger partial charge in [-0.05, 0) is 74.7 Å². The third kappa shape index (κ3) is 4.20. The van der Waals surface area contributed by atoms with E-state index in [4.69, 9.17) is 4.74 Å². The molecular weight excluding hydrogens is 408 g/mol. The van der Waals surface area contributed by atoms with Gasteiger partial charge < -0.3 is 10.1 Å². The summed E-state index contributed by atoms with van der Waals surface area (Å²) in [5, 5.41) is 4.74. The van der Waals surface area contributed by atoms with Crippen molar-refractivity contribution in [3.05, 3.63) is 41.8 Å². The van der Waals surface area contributed by atoms with Gasteiger partial charge in [-0.2, -0.15) is 4.31 Å². The number of carbonyl (C=O) groups is 1. The molecule has 2 bridgehead atoms. The third-order valence-electron chi connectivity index (χ3n) is 5.62. The van der Waals surface area contributed by atoms with Crippen LogP contribution in [0.2, 0.25) is 0 Å². The molecule has 1 N–H and O–H groups in total. The average Bonchev–Trinajstić information content (AvgIpc) is 3.25. The van der Waals surface area contributed by atoms with Crippen molar-refractivity contribution in [1.29, 1.82) is 0 Å². The van der Waals surface area contributed by atoms with Crippen molar-refractivity contribution in [2.24, 2.45) is 11.8 Å². The van der Waals surface area contributed by atoms with Crippen molar-refractivity contribution in [1.82, 2.24) is 4.31 Å². The summed E-state index contributed by atoms with van der Waals surface area (Å²) in [5.74, 6) is 0.544. The van der Waals surface area contributed by atoms with Crippen molar-refractivity contribution in [3.63, 3.8) is 0 Å². The van der Waals surface area contributed by atoms with E-state index in [0.717, 1.165) is 25.0 Å². The van der Waals surface area contributed by atoms with E-state index >= 15 is 0 Å². The number of ether oxygens (including phenoxy) is 1. The molecule has 1 aromatic heterocycles. The molecule has 0 radical (unpaired) electrons. The summed E-state index contributed by atoms with van der Waals surface area (Å²) >= 11 is 1.23. The molecule has 3 heterocycles. The number of hydrogen-bond donors (Lipinski definition) is 1. The van der Waals surface area contributed by atoms with Gasteiger partial charge in [0, 0.05) is 18.3 Å². The van der Waals surface area contributed by atoms with E-state index in [1.165, 1.54) is 11.3 Å². The van der Waals surface area contributed by atoms with E-state index in [0.29, 0.717) is 16.4 Å². The number of nitrogens with one attached hydrogen (secondary N) is 1. The minimum Gasteiger partial charge on any atom is -0.491 e. The van der Waals surface area contributed by atoms with E-state index in [-0.39, 0.29) is 29.9 Å². The van der Waals surface area contributed by atoms with Gasteiger partial charge in [-0.15, -0.1) is 11.3 Å². The Kier molecular flexibility index (Phi) is 5.68. The molecule has 0 spiro atoms. The van der Waals surface area contributed by atoms with Crippen molar-refractivity contribution in [2.45, 2.75) is 49.5 Å². The Hall–Kier alpha value is -1.90. The zero-order valence-electron chi connectivity index (χ0n) is 16.6. The molecule has 1 amide bonds. The first-order valence-corrected chi connectivity index (χ1v) is 12.3. The first kappa shape index (κ1) is 20.4. The number of benzene rings is 1. The number of fused-ring (bicyclic) bond motifs is 3. The van der Waals surface area contributed by atoms with Crippen LogP contribution in [0.25, 0.3) is 0 Å². The van der Waals surface area contributed by atoms with E-state index in [2.05, 4.69) is 5.32 Å². The monoisotopic (exact) mass is 434 g/mol. The van der Waals surface area contributed by atoms with Gasteiger partial charge in [-0.1, -0.05) is 6.07 Å². The summed E-state index contributed by atoms with van der Waals surface area (Å²) in [7, 11) is -3.55. The van der Waals surface area contributed by atoms with E-state index in [1.807, 2.05) is 38.1 Å². The van der Waals surface area contributed by atoms with Crippen LogP contribution >= 0.6 is 11.3 Å². The molecule has 29 heavy (non-hydrogen) atoms. The lowest BCUT2D eigenvalue weighted by Gasteiger charge is -2.48. The van der Waals surface area contributed by atoms with E-state index in [1.54, 1.807) is 21.8 Å². The van der Waals surface area contributed by atoms with Gasteiger partial charge in [0.25, 0.3) is 10.0 Å². The highest BCUT2D eigenvalue weighted by atomic mass is 32.2. The van der Waals surface area contributed by atoms with Crippen LogP contribution in [0.4, 0.5) is 5.69 Å². The second-order valence-corrected chi connectivity index (χ2v) is 11.1. The molecule has 5 rings (SSSR count). The fourth-order valence-electron chi connectivity index (χ4n) is 4.35. The molecule has 3 fully saturated rings. The largest absolute Gasteiger partial charge is 0.491 e. The van der Waals surface area contributed by atoms with Crippen LogP contribution in [0, 0.1) is 11.8 Å². The van der Waals surface area contributed by atoms with Crippen LogP contribution in [-0.4, -0.2) is 37.3 Å². The summed E-state index contributed by atoms with van der Waals surface area (Å²) in [5.41, 5.74) is 0.695. The number of anilines is 1. The summed E-state index contributed by atoms with van der Waals surface area (Å²) in [6.45, 7) is 4.43. The zero-order valence-corrected chi connectivity index (χ0v) is 18.2. The van der Waals surface area contributed by atoms with Gasteiger partial charge in [0.15, 0.2) is 0 Å². The van der Waals surface area contributed by atoms with Gasteiger partial charge in [0.05, 0.1) is 12.0 Å². The maximum atomic E-state index is 13.1. The molecule has 6 nitrogen and oxygen atoms in total. The minimum atomic E-state index is -3.55. The lowest BCUT2D eigenvalue weighted by molar-refractivity contribution is -0.125. The number of amides is 1. The third-order valence-corrected chi connectivity index (χ3v) is 8.88. The SMILES string of the molecule is CC(C)Oc1ccc(NC(=O)[C@@H]2C[C@@H]3CC[C@@H]2N(S(=O)(=O)c2cccs2)C3)cc1. The van der Waals surface area contributed by atoms with Gasteiger partial charge in [-0.3, -0.25) is 4.79 Å². The molecule has 1 aliphatic carbocycles. The topological polar surface area (TPSA) is 75.7 Å². The molecule has 156 valence electrons. The van der Waals surface area contributed by atoms with Crippen LogP contribution < -0.4 is 10.1 Å². The Balaban J connectivity index is 1.49. The van der Waals surface area contributed by atoms with Crippen LogP contribution in [0.15, 0.2) is 46.0 Å². The predicted molar refractivity (Wildman–Crippen MR) is 114 cm³/mol. The fraction of sp³-hybridized carbons (Fsp3) is 0.476. The highest BCUT2D eigenvalue weighted by Gasteiger charge is 2.48. The van der Waals surface area contributed by atoms with Crippen molar-refractivity contribution in [3.8, 4) is 5.75 Å². The van der Waals surface area contributed by atoms with Crippen molar-refractivity contribution in [2.75, 3.05) is 11.9 Å². The Bertz CT molecular complexity index is 955. The first-order chi connectivity index (χ1) is 13.8. The Morgan fingerprint density at radius 3 is 2.59 bits per heavy atom. The molecule has 1 saturated carbocycles. The molecule has 8 heteroatoms. The fourth-order valence-corrected chi connectivity index (χ4v) is 7.24. The maximum absolute atomic E-state index is 13.1. The van der Waals surface area contributed by atoms with E-state index < -0.39 is 10.0 Å². The van der Waals surface area contributed by atoms with Crippen molar-refractivity contribution < 1.29 is 17.9 Å². The number of piperidine rings is 2. The average molecular weight is 435 g/mol. The van der Waals surface area contributed by atoms with Gasteiger partial charge >= 0.3 is 0 Å². The van der Waals surface area contributed by atoms with Gasteiger partial charge in [0.2, 0.25) is 5.91 Å². The van der Waals surface area contributed by atoms with Crippen LogP contribution in [0.1, 0.15) is 33.1 Å². The molecule has 2 aliphatic heterocycles. The van der Waals surface area contributed by atoms with Gasteiger partial charge in [-0.25, -0.2) is 8.42 Å². The second kappa shape index (κ2) is 8.08. The zero-order chi connectivity index (χ0) is 20.6. The molecule has 3 aliphatic rings. The molecule has 3 atom stereocenters. The molecule has 2 saturated heterocycles. The minimum absolute atomic E-state index is 0.0875. The summed E-state index contributed by atoms with van der Waals surface area (Å²) in [6.07, 6.45) is 2.53. The number of nitrogens with zero attached hydrogens (tertiary/aromatic N) is 1. The Morgan fingerprint density at radius 2 is 1.97 bits per heavy atom. The molecule has 0 unspecified atom stereocenters. The normalized spacial score (nSPS) is 24.6. The Labute approximate surface area is 175 Å². The highest BCUT2D eigenvalue weighted by molar-refractivity contribution is 7.91. The smallest absolute Gasteiger partial charge is 0.252 e. The number of hydrogen-bond acceptors (Lipinski definition) is 5. The maximum Gasteiger partial charge on any atom is 0.252 e. The lowest BCUT2D eigenvalue weighted by Crippen LogP contribution is -2.57. The van der Waals surface area contributed by atoms with Crippen LogP contribution in [0.3, 0.4) is 0 Å². The first-order valence-electron chi connectivity index (χ1n) is 9.97. The summed E-state index contributed by atoms with van der Waals surface area (Å²) < 4.78 is 33.7. The van der Waals surface area contributed by atoms with Gasteiger partial charge in [0.1, 0.15) is 9.96 Å². The molecule has 2 aromatic rings. The molecular formula is C21H26N2O4S2. The number of thiophene rings is 1. The highest BCUT2D eigenvalue weighted by Crippen LogP contribution is 2.42. The number of carbonyl (C=O) groups excluding carboxylic acids is 1. The Morgan fingerprint density at radius 1 is 1.21 bits per heavy atom. The quantitative estimate of drug-likeness (QED) is 0.747. The van der Waals surface area contributed by atoms with Crippen molar-refractivity contribution >= 4 is 33.0 Å². The number of sulfonamides is 1. The van der Waals surface area contributed by atoms with Crippen LogP contribution in [-0.2, 0) is 14.8 Å².